The van der Waals surface area contributed by atoms with Gasteiger partial charge >= 0.3 is 6.09 Å². The Labute approximate surface area is 204 Å². The SMILES string of the molecule is Cc1cnc(-c2ccc(C(=O)N3C[C@@H](C)N(C(=O)OC(C)(C)C)Cc4ccccc43)c(Cl)c2)o1. The second-order valence-electron chi connectivity index (χ2n) is 9.47. The number of oxazole rings is 1. The zero-order valence-electron chi connectivity index (χ0n) is 20.0. The van der Waals surface area contributed by atoms with E-state index < -0.39 is 11.7 Å². The topological polar surface area (TPSA) is 75.9 Å². The average molecular weight is 482 g/mol. The molecule has 0 saturated heterocycles. The van der Waals surface area contributed by atoms with Gasteiger partial charge in [-0.05, 0) is 64.4 Å². The molecule has 1 aliphatic heterocycles. The number of anilines is 1. The smallest absolute Gasteiger partial charge is 0.410 e. The molecule has 0 aliphatic carbocycles. The summed E-state index contributed by atoms with van der Waals surface area (Å²) in [6, 6.07) is 12.4. The van der Waals surface area contributed by atoms with E-state index in [1.807, 2.05) is 58.9 Å². The first kappa shape index (κ1) is 23.8. The molecule has 0 fully saturated rings. The molecule has 0 bridgehead atoms. The minimum atomic E-state index is -0.616. The van der Waals surface area contributed by atoms with Crippen molar-refractivity contribution in [2.24, 2.45) is 0 Å². The van der Waals surface area contributed by atoms with Crippen LogP contribution in [-0.2, 0) is 11.3 Å². The largest absolute Gasteiger partial charge is 0.444 e. The van der Waals surface area contributed by atoms with E-state index in [1.165, 1.54) is 0 Å². The summed E-state index contributed by atoms with van der Waals surface area (Å²) >= 11 is 6.55. The Morgan fingerprint density at radius 3 is 2.56 bits per heavy atom. The van der Waals surface area contributed by atoms with Crippen LogP contribution in [0.15, 0.2) is 53.1 Å². The van der Waals surface area contributed by atoms with Gasteiger partial charge in [-0.2, -0.15) is 0 Å². The van der Waals surface area contributed by atoms with Crippen LogP contribution in [-0.4, -0.2) is 40.1 Å². The summed E-state index contributed by atoms with van der Waals surface area (Å²) in [7, 11) is 0. The van der Waals surface area contributed by atoms with Crippen molar-refractivity contribution in [1.29, 1.82) is 0 Å². The van der Waals surface area contributed by atoms with Crippen LogP contribution in [0.25, 0.3) is 11.5 Å². The zero-order valence-corrected chi connectivity index (χ0v) is 20.7. The van der Waals surface area contributed by atoms with E-state index in [4.69, 9.17) is 20.8 Å². The monoisotopic (exact) mass is 481 g/mol. The van der Waals surface area contributed by atoms with Gasteiger partial charge in [-0.1, -0.05) is 29.8 Å². The molecule has 2 aromatic carbocycles. The van der Waals surface area contributed by atoms with Crippen molar-refractivity contribution < 1.29 is 18.7 Å². The molecule has 178 valence electrons. The lowest BCUT2D eigenvalue weighted by Crippen LogP contribution is -2.46. The third kappa shape index (κ3) is 4.94. The first-order chi connectivity index (χ1) is 16.0. The number of nitrogens with zero attached hydrogens (tertiary/aromatic N) is 3. The van der Waals surface area contributed by atoms with Crippen molar-refractivity contribution in [3.05, 3.63) is 70.6 Å². The van der Waals surface area contributed by atoms with Crippen LogP contribution in [0.1, 0.15) is 49.4 Å². The maximum atomic E-state index is 13.7. The number of hydrogen-bond acceptors (Lipinski definition) is 5. The molecule has 0 radical (unpaired) electrons. The van der Waals surface area contributed by atoms with Gasteiger partial charge in [0.1, 0.15) is 11.4 Å². The number of ether oxygens (including phenoxy) is 1. The van der Waals surface area contributed by atoms with Crippen LogP contribution in [0, 0.1) is 6.92 Å². The molecule has 0 N–H and O–H groups in total. The molecule has 0 unspecified atom stereocenters. The Morgan fingerprint density at radius 2 is 1.91 bits per heavy atom. The maximum Gasteiger partial charge on any atom is 0.410 e. The van der Waals surface area contributed by atoms with Crippen molar-refractivity contribution in [2.75, 3.05) is 11.4 Å². The van der Waals surface area contributed by atoms with Crippen LogP contribution in [0.4, 0.5) is 10.5 Å². The van der Waals surface area contributed by atoms with E-state index in [2.05, 4.69) is 4.98 Å². The third-order valence-electron chi connectivity index (χ3n) is 5.54. The van der Waals surface area contributed by atoms with Crippen molar-refractivity contribution >= 4 is 29.3 Å². The standard InChI is InChI=1S/C26H28ClN3O4/c1-16-14-30(22-9-7-6-8-19(22)15-29(16)25(32)34-26(3,4)5)24(31)20-11-10-18(12-21(20)27)23-28-13-17(2)33-23/h6-13,16H,14-15H2,1-5H3/t16-/m1/s1. The molecule has 1 aliphatic rings. The molecule has 2 amide bonds. The number of rotatable bonds is 2. The number of carbonyl (C=O) groups excluding carboxylic acids is 2. The number of aromatic nitrogens is 1. The molecule has 34 heavy (non-hydrogen) atoms. The van der Waals surface area contributed by atoms with Gasteiger partial charge in [-0.15, -0.1) is 0 Å². The van der Waals surface area contributed by atoms with Crippen LogP contribution < -0.4 is 4.90 Å². The highest BCUT2D eigenvalue weighted by Gasteiger charge is 2.34. The minimum Gasteiger partial charge on any atom is -0.444 e. The van der Waals surface area contributed by atoms with E-state index in [-0.39, 0.29) is 11.9 Å². The third-order valence-corrected chi connectivity index (χ3v) is 5.86. The van der Waals surface area contributed by atoms with Crippen molar-refractivity contribution in [1.82, 2.24) is 9.88 Å². The molecule has 7 nitrogen and oxygen atoms in total. The Balaban J connectivity index is 1.66. The summed E-state index contributed by atoms with van der Waals surface area (Å²) in [5.74, 6) is 0.890. The molecular weight excluding hydrogens is 454 g/mol. The second-order valence-corrected chi connectivity index (χ2v) is 9.88. The first-order valence-electron chi connectivity index (χ1n) is 11.2. The lowest BCUT2D eigenvalue weighted by Gasteiger charge is -2.31. The van der Waals surface area contributed by atoms with Gasteiger partial charge < -0.3 is 14.1 Å². The Kier molecular flexibility index (Phi) is 6.41. The summed E-state index contributed by atoms with van der Waals surface area (Å²) < 4.78 is 11.2. The van der Waals surface area contributed by atoms with E-state index >= 15 is 0 Å². The molecule has 0 spiro atoms. The highest BCUT2D eigenvalue weighted by Crippen LogP contribution is 2.32. The fourth-order valence-corrected chi connectivity index (χ4v) is 4.18. The highest BCUT2D eigenvalue weighted by atomic mass is 35.5. The number of benzene rings is 2. The first-order valence-corrected chi connectivity index (χ1v) is 11.5. The number of hydrogen-bond donors (Lipinski definition) is 0. The molecule has 0 saturated carbocycles. The Hall–Kier alpha value is -3.32. The van der Waals surface area contributed by atoms with Gasteiger partial charge in [0.25, 0.3) is 5.91 Å². The lowest BCUT2D eigenvalue weighted by molar-refractivity contribution is 0.0167. The summed E-state index contributed by atoms with van der Waals surface area (Å²) in [6.07, 6.45) is 1.22. The van der Waals surface area contributed by atoms with Crippen LogP contribution >= 0.6 is 11.6 Å². The van der Waals surface area contributed by atoms with Crippen molar-refractivity contribution in [3.8, 4) is 11.5 Å². The van der Waals surface area contributed by atoms with Crippen LogP contribution in [0.3, 0.4) is 0 Å². The maximum absolute atomic E-state index is 13.7. The fourth-order valence-electron chi connectivity index (χ4n) is 3.92. The quantitative estimate of drug-likeness (QED) is 0.442. The minimum absolute atomic E-state index is 0.245. The average Bonchev–Trinajstić information content (AvgIpc) is 3.14. The van der Waals surface area contributed by atoms with Gasteiger partial charge in [0.15, 0.2) is 0 Å². The predicted octanol–water partition coefficient (Wildman–Crippen LogP) is 6.09. The van der Waals surface area contributed by atoms with Crippen molar-refractivity contribution in [2.45, 2.75) is 52.8 Å². The Morgan fingerprint density at radius 1 is 1.18 bits per heavy atom. The normalized spacial score (nSPS) is 16.1. The summed E-state index contributed by atoms with van der Waals surface area (Å²) in [4.78, 5) is 34.2. The molecule has 1 atom stereocenters. The molecule has 4 rings (SSSR count). The fraction of sp³-hybridized carbons (Fsp3) is 0.346. The van der Waals surface area contributed by atoms with Gasteiger partial charge in [0.05, 0.1) is 29.4 Å². The number of amides is 2. The molecule has 8 heteroatoms. The van der Waals surface area contributed by atoms with Gasteiger partial charge in [-0.3, -0.25) is 9.69 Å². The lowest BCUT2D eigenvalue weighted by atomic mass is 10.1. The van der Waals surface area contributed by atoms with Crippen molar-refractivity contribution in [3.63, 3.8) is 0 Å². The number of fused-ring (bicyclic) bond motifs is 1. The molecular formula is C26H28ClN3O4. The van der Waals surface area contributed by atoms with Crippen LogP contribution in [0.2, 0.25) is 5.02 Å². The summed E-state index contributed by atoms with van der Waals surface area (Å²) in [6.45, 7) is 9.87. The summed E-state index contributed by atoms with van der Waals surface area (Å²) in [5, 5.41) is 0.303. The molecule has 3 aromatic rings. The van der Waals surface area contributed by atoms with Gasteiger partial charge in [0.2, 0.25) is 5.89 Å². The predicted molar refractivity (Wildman–Crippen MR) is 131 cm³/mol. The Bertz CT molecular complexity index is 1230. The molecule has 1 aromatic heterocycles. The highest BCUT2D eigenvalue weighted by molar-refractivity contribution is 6.34. The summed E-state index contributed by atoms with van der Waals surface area (Å²) in [5.41, 5.74) is 2.04. The van der Waals surface area contributed by atoms with E-state index in [0.29, 0.717) is 40.9 Å². The van der Waals surface area contributed by atoms with E-state index in [0.717, 1.165) is 11.3 Å². The van der Waals surface area contributed by atoms with Gasteiger partial charge in [0, 0.05) is 17.8 Å². The van der Waals surface area contributed by atoms with E-state index in [9.17, 15) is 9.59 Å². The number of carbonyl (C=O) groups is 2. The molecule has 2 heterocycles. The zero-order chi connectivity index (χ0) is 24.6. The second kappa shape index (κ2) is 9.14. The number of para-hydroxylation sites is 1. The van der Waals surface area contributed by atoms with Gasteiger partial charge in [-0.25, -0.2) is 9.78 Å². The number of halogens is 1. The van der Waals surface area contributed by atoms with Crippen LogP contribution in [0.5, 0.6) is 0 Å². The number of aryl methyl sites for hydroxylation is 1. The van der Waals surface area contributed by atoms with E-state index in [1.54, 1.807) is 34.2 Å².